The number of rotatable bonds is 1. The third-order valence-electron chi connectivity index (χ3n) is 3.51. The molecule has 1 aliphatic rings. The number of nitrogens with zero attached hydrogens (tertiary/aromatic N) is 4. The third-order valence-corrected chi connectivity index (χ3v) is 3.51. The normalized spacial score (nSPS) is 18.9. The van der Waals surface area contributed by atoms with Crippen molar-refractivity contribution in [1.82, 2.24) is 25.2 Å². The van der Waals surface area contributed by atoms with E-state index >= 15 is 0 Å². The van der Waals surface area contributed by atoms with Gasteiger partial charge in [0.15, 0.2) is 0 Å². The molecule has 1 N–H and O–H groups in total. The number of carbonyl (C=O) groups is 1. The number of piperazine rings is 1. The van der Waals surface area contributed by atoms with Gasteiger partial charge in [0, 0.05) is 38.3 Å². The Kier molecular flexibility index (Phi) is 4.25. The lowest BCUT2D eigenvalue weighted by Crippen LogP contribution is -2.51. The van der Waals surface area contributed by atoms with E-state index in [1.54, 1.807) is 4.68 Å². The van der Waals surface area contributed by atoms with Crippen LogP contribution in [0.2, 0.25) is 0 Å². The lowest BCUT2D eigenvalue weighted by atomic mass is 10.1. The molecule has 7 heteroatoms. The summed E-state index contributed by atoms with van der Waals surface area (Å²) in [5.41, 5.74) is 2.38. The largest absolute Gasteiger partial charge is 0.336 e. The van der Waals surface area contributed by atoms with E-state index in [4.69, 9.17) is 0 Å². The number of halogens is 1. The Hall–Kier alpha value is -1.66. The minimum absolute atomic E-state index is 0. The summed E-state index contributed by atoms with van der Waals surface area (Å²) < 4.78 is 1.70. The van der Waals surface area contributed by atoms with Gasteiger partial charge >= 0.3 is 0 Å². The molecular formula is C13H18ClN5O. The van der Waals surface area contributed by atoms with E-state index in [0.29, 0.717) is 11.6 Å². The molecule has 0 spiro atoms. The van der Waals surface area contributed by atoms with Gasteiger partial charge in [-0.1, -0.05) is 5.21 Å². The number of aryl methyl sites for hydroxylation is 1. The summed E-state index contributed by atoms with van der Waals surface area (Å²) in [5, 5.41) is 11.3. The highest BCUT2D eigenvalue weighted by molar-refractivity contribution is 5.97. The lowest BCUT2D eigenvalue weighted by molar-refractivity contribution is 0.0709. The van der Waals surface area contributed by atoms with Crippen LogP contribution < -0.4 is 5.32 Å². The molecule has 1 fully saturated rings. The van der Waals surface area contributed by atoms with Crippen molar-refractivity contribution in [2.24, 2.45) is 7.05 Å². The molecule has 1 aromatic carbocycles. The fourth-order valence-corrected chi connectivity index (χ4v) is 2.47. The molecule has 0 saturated carbocycles. The van der Waals surface area contributed by atoms with Crippen molar-refractivity contribution in [1.29, 1.82) is 0 Å². The van der Waals surface area contributed by atoms with Crippen LogP contribution in [-0.2, 0) is 7.05 Å². The first kappa shape index (κ1) is 14.7. The molecule has 3 rings (SSSR count). The van der Waals surface area contributed by atoms with Gasteiger partial charge < -0.3 is 10.2 Å². The summed E-state index contributed by atoms with van der Waals surface area (Å²) in [6, 6.07) is 5.91. The zero-order chi connectivity index (χ0) is 13.4. The Morgan fingerprint density at radius 2 is 2.25 bits per heavy atom. The minimum Gasteiger partial charge on any atom is -0.336 e. The Morgan fingerprint density at radius 3 is 3.00 bits per heavy atom. The van der Waals surface area contributed by atoms with Gasteiger partial charge in [-0.2, -0.15) is 0 Å². The number of benzene rings is 1. The topological polar surface area (TPSA) is 63.1 Å². The molecule has 2 aromatic rings. The number of aromatic nitrogens is 3. The van der Waals surface area contributed by atoms with Crippen molar-refractivity contribution in [2.45, 2.75) is 13.0 Å². The second-order valence-electron chi connectivity index (χ2n) is 5.02. The fourth-order valence-electron chi connectivity index (χ4n) is 2.47. The molecule has 1 unspecified atom stereocenters. The first-order valence-electron chi connectivity index (χ1n) is 6.47. The zero-order valence-electron chi connectivity index (χ0n) is 11.5. The number of fused-ring (bicyclic) bond motifs is 1. The van der Waals surface area contributed by atoms with Crippen LogP contribution in [0.3, 0.4) is 0 Å². The zero-order valence-corrected chi connectivity index (χ0v) is 12.4. The minimum atomic E-state index is 0. The molecule has 1 aromatic heterocycles. The Labute approximate surface area is 123 Å². The standard InChI is InChI=1S/C13H17N5O.ClH/c1-9-8-18(6-5-14-9)13(19)10-3-4-12-11(7-10)15-16-17(12)2;/h3-4,7,9,14H,5-6,8H2,1-2H3;1H. The maximum absolute atomic E-state index is 12.4. The van der Waals surface area contributed by atoms with Crippen molar-refractivity contribution in [3.05, 3.63) is 23.8 Å². The molecule has 1 saturated heterocycles. The molecule has 1 atom stereocenters. The molecular weight excluding hydrogens is 278 g/mol. The molecule has 0 radical (unpaired) electrons. The maximum Gasteiger partial charge on any atom is 0.254 e. The number of nitrogens with one attached hydrogen (secondary N) is 1. The van der Waals surface area contributed by atoms with Gasteiger partial charge in [-0.25, -0.2) is 4.68 Å². The first-order chi connectivity index (χ1) is 9.15. The van der Waals surface area contributed by atoms with Gasteiger partial charge in [-0.05, 0) is 25.1 Å². The van der Waals surface area contributed by atoms with E-state index in [9.17, 15) is 4.79 Å². The highest BCUT2D eigenvalue weighted by Gasteiger charge is 2.22. The van der Waals surface area contributed by atoms with E-state index in [2.05, 4.69) is 22.6 Å². The van der Waals surface area contributed by atoms with Crippen LogP contribution in [0.25, 0.3) is 11.0 Å². The van der Waals surface area contributed by atoms with Crippen molar-refractivity contribution in [2.75, 3.05) is 19.6 Å². The van der Waals surface area contributed by atoms with Crippen molar-refractivity contribution < 1.29 is 4.79 Å². The van der Waals surface area contributed by atoms with Crippen LogP contribution in [0.4, 0.5) is 0 Å². The predicted molar refractivity (Wildman–Crippen MR) is 79.1 cm³/mol. The van der Waals surface area contributed by atoms with Gasteiger partial charge in [0.1, 0.15) is 5.52 Å². The third kappa shape index (κ3) is 2.62. The van der Waals surface area contributed by atoms with E-state index in [-0.39, 0.29) is 18.3 Å². The number of amides is 1. The molecule has 20 heavy (non-hydrogen) atoms. The summed E-state index contributed by atoms with van der Waals surface area (Å²) in [7, 11) is 1.84. The van der Waals surface area contributed by atoms with Gasteiger partial charge in [0.25, 0.3) is 5.91 Å². The van der Waals surface area contributed by atoms with Crippen LogP contribution in [0.1, 0.15) is 17.3 Å². The number of carbonyl (C=O) groups excluding carboxylic acids is 1. The molecule has 0 aliphatic carbocycles. The summed E-state index contributed by atoms with van der Waals surface area (Å²) in [6.07, 6.45) is 0. The maximum atomic E-state index is 12.4. The molecule has 1 aliphatic heterocycles. The van der Waals surface area contributed by atoms with Gasteiger partial charge in [0.2, 0.25) is 0 Å². The van der Waals surface area contributed by atoms with Crippen LogP contribution in [-0.4, -0.2) is 51.5 Å². The highest BCUT2D eigenvalue weighted by Crippen LogP contribution is 2.15. The molecule has 1 amide bonds. The summed E-state index contributed by atoms with van der Waals surface area (Å²) in [5.74, 6) is 0.0703. The molecule has 0 bridgehead atoms. The van der Waals surface area contributed by atoms with Gasteiger partial charge in [-0.3, -0.25) is 4.79 Å². The van der Waals surface area contributed by atoms with Crippen molar-refractivity contribution in [3.8, 4) is 0 Å². The van der Waals surface area contributed by atoms with Crippen LogP contribution in [0.15, 0.2) is 18.2 Å². The van der Waals surface area contributed by atoms with Gasteiger partial charge in [-0.15, -0.1) is 17.5 Å². The van der Waals surface area contributed by atoms with Crippen LogP contribution >= 0.6 is 12.4 Å². The Morgan fingerprint density at radius 1 is 1.45 bits per heavy atom. The SMILES string of the molecule is CC1CN(C(=O)c2ccc3c(c2)nnn3C)CCN1.Cl. The fraction of sp³-hybridized carbons (Fsp3) is 0.462. The predicted octanol–water partition coefficient (Wildman–Crippen LogP) is 0.824. The second-order valence-corrected chi connectivity index (χ2v) is 5.02. The first-order valence-corrected chi connectivity index (χ1v) is 6.47. The van der Waals surface area contributed by atoms with E-state index < -0.39 is 0 Å². The number of hydrogen-bond acceptors (Lipinski definition) is 4. The smallest absolute Gasteiger partial charge is 0.254 e. The average Bonchev–Trinajstić information content (AvgIpc) is 2.79. The second kappa shape index (κ2) is 5.76. The van der Waals surface area contributed by atoms with E-state index in [1.165, 1.54) is 0 Å². The summed E-state index contributed by atoms with van der Waals surface area (Å²) >= 11 is 0. The average molecular weight is 296 g/mol. The summed E-state index contributed by atoms with van der Waals surface area (Å²) in [4.78, 5) is 14.3. The Bertz CT molecular complexity index is 626. The highest BCUT2D eigenvalue weighted by atomic mass is 35.5. The molecule has 108 valence electrons. The van der Waals surface area contributed by atoms with Crippen LogP contribution in [0, 0.1) is 0 Å². The monoisotopic (exact) mass is 295 g/mol. The number of hydrogen-bond donors (Lipinski definition) is 1. The summed E-state index contributed by atoms with van der Waals surface area (Å²) in [6.45, 7) is 4.44. The Balaban J connectivity index is 0.00000147. The molecule has 6 nitrogen and oxygen atoms in total. The lowest BCUT2D eigenvalue weighted by Gasteiger charge is -2.31. The van der Waals surface area contributed by atoms with Crippen molar-refractivity contribution in [3.63, 3.8) is 0 Å². The van der Waals surface area contributed by atoms with Crippen LogP contribution in [0.5, 0.6) is 0 Å². The van der Waals surface area contributed by atoms with Gasteiger partial charge in [0.05, 0.1) is 5.52 Å². The van der Waals surface area contributed by atoms with E-state index in [0.717, 1.165) is 30.7 Å². The quantitative estimate of drug-likeness (QED) is 0.846. The van der Waals surface area contributed by atoms with E-state index in [1.807, 2.05) is 30.1 Å². The molecule has 2 heterocycles. The van der Waals surface area contributed by atoms with Crippen molar-refractivity contribution >= 4 is 29.3 Å².